The zero-order chi connectivity index (χ0) is 17.6. The van der Waals surface area contributed by atoms with Gasteiger partial charge in [0, 0.05) is 19.3 Å². The fourth-order valence-corrected chi connectivity index (χ4v) is 3.76. The van der Waals surface area contributed by atoms with Crippen LogP contribution < -0.4 is 0 Å². The number of hydrogen-bond acceptors (Lipinski definition) is 4. The minimum Gasteiger partial charge on any atom is -0.376 e. The van der Waals surface area contributed by atoms with Crippen molar-refractivity contribution in [1.29, 1.82) is 0 Å². The van der Waals surface area contributed by atoms with Crippen molar-refractivity contribution in [2.45, 2.75) is 77.2 Å². The number of aryl methyl sites for hydroxylation is 1. The fraction of sp³-hybridized carbons (Fsp3) is 0.789. The Balaban J connectivity index is 1.53. The largest absolute Gasteiger partial charge is 0.376 e. The van der Waals surface area contributed by atoms with Crippen LogP contribution in [0.5, 0.6) is 0 Å². The molecule has 1 aromatic rings. The molecule has 0 N–H and O–H groups in total. The molecule has 0 aliphatic carbocycles. The predicted octanol–water partition coefficient (Wildman–Crippen LogP) is 2.55. The minimum absolute atomic E-state index is 0.101. The zero-order valence-electron chi connectivity index (χ0n) is 15.5. The van der Waals surface area contributed by atoms with E-state index in [2.05, 4.69) is 5.10 Å². The Morgan fingerprint density at radius 3 is 2.92 bits per heavy atom. The van der Waals surface area contributed by atoms with E-state index in [4.69, 9.17) is 9.47 Å². The van der Waals surface area contributed by atoms with Gasteiger partial charge in [-0.2, -0.15) is 5.10 Å². The quantitative estimate of drug-likeness (QED) is 0.792. The number of nitrogens with zero attached hydrogens (tertiary/aromatic N) is 3. The molecular weight excluding hydrogens is 318 g/mol. The third-order valence-electron chi connectivity index (χ3n) is 5.22. The molecule has 2 saturated heterocycles. The Hall–Kier alpha value is -1.40. The van der Waals surface area contributed by atoms with Gasteiger partial charge in [-0.3, -0.25) is 9.48 Å². The Kier molecular flexibility index (Phi) is 6.48. The Labute approximate surface area is 150 Å². The number of aromatic nitrogens is 2. The van der Waals surface area contributed by atoms with Crippen molar-refractivity contribution >= 4 is 5.91 Å². The number of likely N-dealkylation sites (tertiary alicyclic amines) is 1. The van der Waals surface area contributed by atoms with E-state index in [0.29, 0.717) is 6.61 Å². The smallest absolute Gasteiger partial charge is 0.251 e. The van der Waals surface area contributed by atoms with Gasteiger partial charge >= 0.3 is 0 Å². The molecule has 3 heterocycles. The lowest BCUT2D eigenvalue weighted by molar-refractivity contribution is -0.150. The van der Waals surface area contributed by atoms with Gasteiger partial charge in [0.25, 0.3) is 5.91 Å². The molecule has 3 unspecified atom stereocenters. The van der Waals surface area contributed by atoms with Gasteiger partial charge in [-0.25, -0.2) is 0 Å². The van der Waals surface area contributed by atoms with Gasteiger partial charge in [0.2, 0.25) is 0 Å². The third-order valence-corrected chi connectivity index (χ3v) is 5.22. The minimum atomic E-state index is -0.412. The van der Waals surface area contributed by atoms with Crippen LogP contribution in [0.3, 0.4) is 0 Å². The second-order valence-electron chi connectivity index (χ2n) is 7.39. The van der Waals surface area contributed by atoms with E-state index in [-0.39, 0.29) is 18.1 Å². The molecule has 0 saturated carbocycles. The van der Waals surface area contributed by atoms with Crippen LogP contribution in [0.15, 0.2) is 12.4 Å². The van der Waals surface area contributed by atoms with Crippen LogP contribution >= 0.6 is 0 Å². The van der Waals surface area contributed by atoms with E-state index in [1.54, 1.807) is 0 Å². The second-order valence-corrected chi connectivity index (χ2v) is 7.39. The van der Waals surface area contributed by atoms with Crippen molar-refractivity contribution in [2.24, 2.45) is 0 Å². The number of amides is 1. The molecule has 0 radical (unpaired) electrons. The zero-order valence-corrected chi connectivity index (χ0v) is 15.5. The van der Waals surface area contributed by atoms with E-state index in [1.165, 1.54) is 12.8 Å². The van der Waals surface area contributed by atoms with Gasteiger partial charge in [-0.15, -0.1) is 0 Å². The molecule has 1 amide bonds. The Morgan fingerprint density at radius 1 is 1.36 bits per heavy atom. The van der Waals surface area contributed by atoms with Gasteiger partial charge in [0.05, 0.1) is 31.5 Å². The van der Waals surface area contributed by atoms with Gasteiger partial charge in [0.15, 0.2) is 0 Å². The van der Waals surface area contributed by atoms with E-state index < -0.39 is 6.10 Å². The summed E-state index contributed by atoms with van der Waals surface area (Å²) in [5.41, 5.74) is 1.15. The van der Waals surface area contributed by atoms with E-state index >= 15 is 0 Å². The molecule has 2 aliphatic rings. The van der Waals surface area contributed by atoms with Gasteiger partial charge < -0.3 is 14.4 Å². The maximum absolute atomic E-state index is 12.9. The summed E-state index contributed by atoms with van der Waals surface area (Å²) in [7, 11) is 0. The first-order valence-electron chi connectivity index (χ1n) is 9.66. The highest BCUT2D eigenvalue weighted by Gasteiger charge is 2.31. The van der Waals surface area contributed by atoms with Crippen molar-refractivity contribution in [3.8, 4) is 0 Å². The Morgan fingerprint density at radius 2 is 2.20 bits per heavy atom. The number of hydrogen-bond donors (Lipinski definition) is 0. The molecule has 3 rings (SSSR count). The summed E-state index contributed by atoms with van der Waals surface area (Å²) in [6.07, 6.45) is 10.3. The van der Waals surface area contributed by atoms with Crippen LogP contribution in [-0.4, -0.2) is 58.6 Å². The van der Waals surface area contributed by atoms with Crippen LogP contribution in [0.1, 0.15) is 51.0 Å². The lowest BCUT2D eigenvalue weighted by atomic mass is 10.0. The molecule has 6 heteroatoms. The second kappa shape index (κ2) is 8.81. The normalized spacial score (nSPS) is 25.8. The molecule has 0 spiro atoms. The number of piperidine rings is 1. The van der Waals surface area contributed by atoms with Gasteiger partial charge in [0.1, 0.15) is 6.10 Å². The number of carbonyl (C=O) groups is 1. The number of rotatable bonds is 6. The molecule has 25 heavy (non-hydrogen) atoms. The fourth-order valence-electron chi connectivity index (χ4n) is 3.76. The molecule has 140 valence electrons. The van der Waals surface area contributed by atoms with E-state index in [0.717, 1.165) is 50.9 Å². The monoisotopic (exact) mass is 349 g/mol. The van der Waals surface area contributed by atoms with Gasteiger partial charge in [-0.1, -0.05) is 0 Å². The maximum atomic E-state index is 12.9. The molecule has 2 aliphatic heterocycles. The Bertz CT molecular complexity index is 554. The SMILES string of the molecule is Cc1cnn(CC2CCCCN2C(=O)C(C)OCC2CCCCO2)c1. The van der Waals surface area contributed by atoms with Crippen LogP contribution in [0, 0.1) is 6.92 Å². The summed E-state index contributed by atoms with van der Waals surface area (Å²) >= 11 is 0. The molecule has 0 bridgehead atoms. The topological polar surface area (TPSA) is 56.6 Å². The summed E-state index contributed by atoms with van der Waals surface area (Å²) in [5, 5.41) is 4.38. The number of ether oxygens (including phenoxy) is 2. The van der Waals surface area contributed by atoms with Crippen LogP contribution in [0.2, 0.25) is 0 Å². The predicted molar refractivity (Wildman–Crippen MR) is 95.3 cm³/mol. The maximum Gasteiger partial charge on any atom is 0.251 e. The highest BCUT2D eigenvalue weighted by Crippen LogP contribution is 2.21. The molecule has 1 aromatic heterocycles. The standard InChI is InChI=1S/C19H31N3O3/c1-15-11-20-21(12-15)13-17-7-3-5-9-22(17)19(23)16(2)25-14-18-8-4-6-10-24-18/h11-12,16-18H,3-10,13-14H2,1-2H3. The van der Waals surface area contributed by atoms with Crippen molar-refractivity contribution < 1.29 is 14.3 Å². The van der Waals surface area contributed by atoms with Crippen molar-refractivity contribution in [3.05, 3.63) is 18.0 Å². The summed E-state index contributed by atoms with van der Waals surface area (Å²) < 4.78 is 13.5. The van der Waals surface area contributed by atoms with Gasteiger partial charge in [-0.05, 0) is 57.9 Å². The van der Waals surface area contributed by atoms with Crippen molar-refractivity contribution in [3.63, 3.8) is 0 Å². The highest BCUT2D eigenvalue weighted by molar-refractivity contribution is 5.81. The summed E-state index contributed by atoms with van der Waals surface area (Å²) in [6.45, 7) is 6.82. The van der Waals surface area contributed by atoms with E-state index in [9.17, 15) is 4.79 Å². The average molecular weight is 349 g/mol. The molecule has 3 atom stereocenters. The number of carbonyl (C=O) groups excluding carboxylic acids is 1. The first-order chi connectivity index (χ1) is 12.1. The molecule has 6 nitrogen and oxygen atoms in total. The first-order valence-corrected chi connectivity index (χ1v) is 9.66. The summed E-state index contributed by atoms with van der Waals surface area (Å²) in [4.78, 5) is 14.9. The molecular formula is C19H31N3O3. The summed E-state index contributed by atoms with van der Waals surface area (Å²) in [6, 6.07) is 0.206. The van der Waals surface area contributed by atoms with Crippen molar-refractivity contribution in [2.75, 3.05) is 19.8 Å². The van der Waals surface area contributed by atoms with Crippen LogP contribution in [0.25, 0.3) is 0 Å². The van der Waals surface area contributed by atoms with Crippen LogP contribution in [0.4, 0.5) is 0 Å². The van der Waals surface area contributed by atoms with Crippen LogP contribution in [-0.2, 0) is 20.8 Å². The summed E-state index contributed by atoms with van der Waals surface area (Å²) in [5.74, 6) is 0.101. The lowest BCUT2D eigenvalue weighted by Gasteiger charge is -2.37. The lowest BCUT2D eigenvalue weighted by Crippen LogP contribution is -2.50. The molecule has 2 fully saturated rings. The molecule has 0 aromatic carbocycles. The van der Waals surface area contributed by atoms with E-state index in [1.807, 2.05) is 35.8 Å². The van der Waals surface area contributed by atoms with Crippen molar-refractivity contribution in [1.82, 2.24) is 14.7 Å². The average Bonchev–Trinajstić information content (AvgIpc) is 3.05. The third kappa shape index (κ3) is 5.05. The first kappa shape index (κ1) is 18.4. The highest BCUT2D eigenvalue weighted by atomic mass is 16.5.